The summed E-state index contributed by atoms with van der Waals surface area (Å²) in [7, 11) is 0. The molecule has 1 unspecified atom stereocenters. The lowest BCUT2D eigenvalue weighted by Crippen LogP contribution is -2.31. The summed E-state index contributed by atoms with van der Waals surface area (Å²) >= 11 is 5.83. The summed E-state index contributed by atoms with van der Waals surface area (Å²) in [5.41, 5.74) is 1.15. The third-order valence-electron chi connectivity index (χ3n) is 3.26. The topological polar surface area (TPSA) is 15.3 Å². The van der Waals surface area contributed by atoms with Gasteiger partial charge in [0.15, 0.2) is 0 Å². The van der Waals surface area contributed by atoms with Crippen molar-refractivity contribution < 1.29 is 0 Å². The molecular weight excluding hydrogens is 220 g/mol. The van der Waals surface area contributed by atoms with Crippen molar-refractivity contribution in [3.63, 3.8) is 0 Å². The van der Waals surface area contributed by atoms with Crippen molar-refractivity contribution in [1.29, 1.82) is 0 Å². The molecule has 2 nitrogen and oxygen atoms in total. The predicted molar refractivity (Wildman–Crippen MR) is 70.2 cm³/mol. The second kappa shape index (κ2) is 5.55. The van der Waals surface area contributed by atoms with Crippen molar-refractivity contribution in [2.24, 2.45) is 0 Å². The first-order valence-corrected chi connectivity index (χ1v) is 6.37. The Bertz CT molecular complexity index is 323. The summed E-state index contributed by atoms with van der Waals surface area (Å²) < 4.78 is 0. The van der Waals surface area contributed by atoms with Gasteiger partial charge in [-0.3, -0.25) is 4.90 Å². The fourth-order valence-corrected chi connectivity index (χ4v) is 2.36. The molecular formula is C13H19ClN2. The minimum Gasteiger partial charge on any atom is -0.384 e. The zero-order chi connectivity index (χ0) is 11.4. The molecule has 88 valence electrons. The van der Waals surface area contributed by atoms with Gasteiger partial charge in [-0.2, -0.15) is 0 Å². The first-order chi connectivity index (χ1) is 7.75. The van der Waals surface area contributed by atoms with Gasteiger partial charge in [0.25, 0.3) is 0 Å². The highest BCUT2D eigenvalue weighted by Gasteiger charge is 2.18. The molecule has 3 heteroatoms. The second-order valence-electron chi connectivity index (χ2n) is 4.46. The van der Waals surface area contributed by atoms with Crippen LogP contribution in [0.3, 0.4) is 0 Å². The molecule has 0 saturated carbocycles. The molecule has 1 aromatic rings. The van der Waals surface area contributed by atoms with E-state index in [0.29, 0.717) is 0 Å². The third-order valence-corrected chi connectivity index (χ3v) is 3.51. The van der Waals surface area contributed by atoms with E-state index in [1.807, 2.05) is 24.3 Å². The molecule has 0 aromatic heterocycles. The van der Waals surface area contributed by atoms with Gasteiger partial charge in [-0.15, -0.1) is 0 Å². The van der Waals surface area contributed by atoms with Gasteiger partial charge in [0.05, 0.1) is 0 Å². The molecule has 0 aliphatic carbocycles. The average molecular weight is 239 g/mol. The van der Waals surface area contributed by atoms with Crippen molar-refractivity contribution in [3.05, 3.63) is 29.3 Å². The Balaban J connectivity index is 1.73. The number of nitrogens with one attached hydrogen (secondary N) is 1. The summed E-state index contributed by atoms with van der Waals surface area (Å²) in [4.78, 5) is 2.54. The van der Waals surface area contributed by atoms with E-state index in [9.17, 15) is 0 Å². The minimum absolute atomic E-state index is 0.756. The normalized spacial score (nSPS) is 21.2. The van der Waals surface area contributed by atoms with Crippen molar-refractivity contribution in [3.8, 4) is 0 Å². The number of rotatable bonds is 4. The number of halogens is 1. The van der Waals surface area contributed by atoms with Crippen LogP contribution in [0.1, 0.15) is 19.8 Å². The Labute approximate surface area is 103 Å². The van der Waals surface area contributed by atoms with Crippen LogP contribution in [0.15, 0.2) is 24.3 Å². The highest BCUT2D eigenvalue weighted by molar-refractivity contribution is 6.30. The van der Waals surface area contributed by atoms with Crippen LogP contribution in [-0.2, 0) is 0 Å². The molecule has 1 saturated heterocycles. The van der Waals surface area contributed by atoms with Gasteiger partial charge in [-0.25, -0.2) is 0 Å². The molecule has 1 heterocycles. The molecule has 1 N–H and O–H groups in total. The quantitative estimate of drug-likeness (QED) is 0.867. The number of nitrogens with zero attached hydrogens (tertiary/aromatic N) is 1. The molecule has 0 radical (unpaired) electrons. The maximum absolute atomic E-state index is 5.83. The first-order valence-electron chi connectivity index (χ1n) is 5.99. The van der Waals surface area contributed by atoms with Gasteiger partial charge < -0.3 is 5.32 Å². The maximum Gasteiger partial charge on any atom is 0.0407 e. The average Bonchev–Trinajstić information content (AvgIpc) is 2.68. The summed E-state index contributed by atoms with van der Waals surface area (Å²) in [6.45, 7) is 5.70. The molecule has 0 amide bonds. The number of benzene rings is 1. The van der Waals surface area contributed by atoms with E-state index >= 15 is 0 Å². The predicted octanol–water partition coefficient (Wildman–Crippen LogP) is 3.24. The van der Waals surface area contributed by atoms with Crippen LogP contribution >= 0.6 is 11.6 Å². The van der Waals surface area contributed by atoms with Crippen LogP contribution < -0.4 is 5.32 Å². The third kappa shape index (κ3) is 3.13. The minimum atomic E-state index is 0.756. The van der Waals surface area contributed by atoms with Crippen LogP contribution in [0.4, 0.5) is 5.69 Å². The zero-order valence-corrected chi connectivity index (χ0v) is 10.5. The smallest absolute Gasteiger partial charge is 0.0407 e. The van der Waals surface area contributed by atoms with Crippen molar-refractivity contribution in [2.45, 2.75) is 25.8 Å². The molecule has 0 spiro atoms. The van der Waals surface area contributed by atoms with Crippen LogP contribution in [0.2, 0.25) is 5.02 Å². The molecule has 1 fully saturated rings. The van der Waals surface area contributed by atoms with Gasteiger partial charge in [0.1, 0.15) is 0 Å². The maximum atomic E-state index is 5.83. The Kier molecular flexibility index (Phi) is 4.08. The van der Waals surface area contributed by atoms with Gasteiger partial charge in [-0.1, -0.05) is 11.6 Å². The lowest BCUT2D eigenvalue weighted by atomic mass is 10.2. The molecule has 1 atom stereocenters. The van der Waals surface area contributed by atoms with Crippen molar-refractivity contribution >= 4 is 17.3 Å². The number of hydrogen-bond donors (Lipinski definition) is 1. The second-order valence-corrected chi connectivity index (χ2v) is 4.90. The lowest BCUT2D eigenvalue weighted by molar-refractivity contribution is 0.279. The van der Waals surface area contributed by atoms with Crippen LogP contribution in [0.5, 0.6) is 0 Å². The zero-order valence-electron chi connectivity index (χ0n) is 9.75. The monoisotopic (exact) mass is 238 g/mol. The molecule has 2 rings (SSSR count). The fraction of sp³-hybridized carbons (Fsp3) is 0.538. The Morgan fingerprint density at radius 1 is 1.38 bits per heavy atom. The van der Waals surface area contributed by atoms with E-state index in [2.05, 4.69) is 17.1 Å². The van der Waals surface area contributed by atoms with Gasteiger partial charge >= 0.3 is 0 Å². The fourth-order valence-electron chi connectivity index (χ4n) is 2.24. The SMILES string of the molecule is CC1CCCN1CCNc1ccc(Cl)cc1. The molecule has 1 aliphatic rings. The standard InChI is InChI=1S/C13H19ClN2/c1-11-3-2-9-16(11)10-8-15-13-6-4-12(14)5-7-13/h4-7,11,15H,2-3,8-10H2,1H3. The highest BCUT2D eigenvalue weighted by Crippen LogP contribution is 2.16. The van der Waals surface area contributed by atoms with Crippen LogP contribution in [0, 0.1) is 0 Å². The van der Waals surface area contributed by atoms with E-state index in [0.717, 1.165) is 29.8 Å². The summed E-state index contributed by atoms with van der Waals surface area (Å²) in [6.07, 6.45) is 2.70. The van der Waals surface area contributed by atoms with Gasteiger partial charge in [0, 0.05) is 29.8 Å². The van der Waals surface area contributed by atoms with Crippen molar-refractivity contribution in [1.82, 2.24) is 4.90 Å². The molecule has 1 aromatic carbocycles. The Hall–Kier alpha value is -0.730. The van der Waals surface area contributed by atoms with E-state index in [4.69, 9.17) is 11.6 Å². The molecule has 0 bridgehead atoms. The van der Waals surface area contributed by atoms with Crippen LogP contribution in [-0.4, -0.2) is 30.6 Å². The summed E-state index contributed by atoms with van der Waals surface area (Å²) in [6, 6.07) is 8.64. The number of anilines is 1. The van der Waals surface area contributed by atoms with E-state index in [1.165, 1.54) is 19.4 Å². The number of likely N-dealkylation sites (tertiary alicyclic amines) is 1. The van der Waals surface area contributed by atoms with Gasteiger partial charge in [-0.05, 0) is 50.6 Å². The van der Waals surface area contributed by atoms with Crippen molar-refractivity contribution in [2.75, 3.05) is 25.0 Å². The highest BCUT2D eigenvalue weighted by atomic mass is 35.5. The number of hydrogen-bond acceptors (Lipinski definition) is 2. The van der Waals surface area contributed by atoms with Gasteiger partial charge in [0.2, 0.25) is 0 Å². The largest absolute Gasteiger partial charge is 0.384 e. The molecule has 16 heavy (non-hydrogen) atoms. The Morgan fingerprint density at radius 2 is 2.12 bits per heavy atom. The van der Waals surface area contributed by atoms with Crippen LogP contribution in [0.25, 0.3) is 0 Å². The summed E-state index contributed by atoms with van der Waals surface area (Å²) in [5.74, 6) is 0. The Morgan fingerprint density at radius 3 is 2.75 bits per heavy atom. The molecule has 1 aliphatic heterocycles. The van der Waals surface area contributed by atoms with E-state index in [1.54, 1.807) is 0 Å². The van der Waals surface area contributed by atoms with E-state index < -0.39 is 0 Å². The lowest BCUT2D eigenvalue weighted by Gasteiger charge is -2.21. The first kappa shape index (κ1) is 11.7. The summed E-state index contributed by atoms with van der Waals surface area (Å²) in [5, 5.41) is 4.21. The van der Waals surface area contributed by atoms with E-state index in [-0.39, 0.29) is 0 Å².